The fourth-order valence-corrected chi connectivity index (χ4v) is 2.93. The molecule has 0 aliphatic carbocycles. The summed E-state index contributed by atoms with van der Waals surface area (Å²) in [5, 5.41) is 0.962. The van der Waals surface area contributed by atoms with Crippen LogP contribution in [0.4, 0.5) is 0 Å². The number of aromatic nitrogens is 1. The molecule has 0 amide bonds. The quantitative estimate of drug-likeness (QED) is 0.456. The molecule has 4 heteroatoms. The summed E-state index contributed by atoms with van der Waals surface area (Å²) in [6, 6.07) is 13.8. The van der Waals surface area contributed by atoms with Gasteiger partial charge in [0.05, 0.1) is 13.7 Å². The molecule has 0 spiro atoms. The number of hydrogen-bond donors (Lipinski definition) is 0. The summed E-state index contributed by atoms with van der Waals surface area (Å²) in [7, 11) is 1.63. The normalized spacial score (nSPS) is 10.6. The topological polar surface area (TPSA) is 40.5 Å². The molecule has 0 aliphatic rings. The van der Waals surface area contributed by atoms with Crippen molar-refractivity contribution in [2.24, 2.45) is 0 Å². The lowest BCUT2D eigenvalue weighted by Crippen LogP contribution is -2.08. The fraction of sp³-hybridized carbons (Fsp3) is 0.190. The molecule has 1 aromatic heterocycles. The Morgan fingerprint density at radius 1 is 1.16 bits per heavy atom. The molecule has 3 rings (SSSR count). The Balaban J connectivity index is 1.73. The summed E-state index contributed by atoms with van der Waals surface area (Å²) in [5.74, 6) is 1.42. The van der Waals surface area contributed by atoms with Gasteiger partial charge in [-0.1, -0.05) is 30.3 Å². The summed E-state index contributed by atoms with van der Waals surface area (Å²) in [6.45, 7) is 4.88. The van der Waals surface area contributed by atoms with Gasteiger partial charge < -0.3 is 14.0 Å². The number of rotatable bonds is 8. The van der Waals surface area contributed by atoms with E-state index in [1.165, 1.54) is 0 Å². The second-order valence-corrected chi connectivity index (χ2v) is 5.74. The zero-order chi connectivity index (χ0) is 17.6. The molecule has 3 aromatic rings. The molecular weight excluding hydrogens is 314 g/mol. The Kier molecular flexibility index (Phi) is 5.19. The lowest BCUT2D eigenvalue weighted by Gasteiger charge is -2.12. The molecule has 128 valence electrons. The van der Waals surface area contributed by atoms with Crippen LogP contribution < -0.4 is 9.47 Å². The van der Waals surface area contributed by atoms with Gasteiger partial charge in [0, 0.05) is 22.7 Å². The van der Waals surface area contributed by atoms with Gasteiger partial charge in [0.15, 0.2) is 17.8 Å². The Bertz CT molecular complexity index is 895. The maximum Gasteiger partial charge on any atom is 0.161 e. The zero-order valence-corrected chi connectivity index (χ0v) is 14.3. The minimum atomic E-state index is 0.480. The van der Waals surface area contributed by atoms with E-state index in [9.17, 15) is 4.79 Å². The molecule has 0 saturated heterocycles. The summed E-state index contributed by atoms with van der Waals surface area (Å²) in [6.07, 6.45) is 5.41. The van der Waals surface area contributed by atoms with Gasteiger partial charge in [-0.05, 0) is 30.2 Å². The van der Waals surface area contributed by atoms with Crippen LogP contribution in [0.25, 0.3) is 10.9 Å². The molecule has 0 radical (unpaired) electrons. The molecule has 0 bridgehead atoms. The number of methoxy groups -OCH3 is 1. The van der Waals surface area contributed by atoms with Crippen LogP contribution in [0.15, 0.2) is 61.3 Å². The van der Waals surface area contributed by atoms with Crippen molar-refractivity contribution in [1.82, 2.24) is 4.57 Å². The molecule has 4 nitrogen and oxygen atoms in total. The van der Waals surface area contributed by atoms with E-state index in [2.05, 4.69) is 6.58 Å². The largest absolute Gasteiger partial charge is 0.493 e. The van der Waals surface area contributed by atoms with Crippen LogP contribution in [-0.2, 0) is 13.0 Å². The van der Waals surface area contributed by atoms with Gasteiger partial charge >= 0.3 is 0 Å². The number of allylic oxidation sites excluding steroid dienone is 1. The van der Waals surface area contributed by atoms with Crippen molar-refractivity contribution < 1.29 is 14.3 Å². The molecule has 0 aliphatic heterocycles. The fourth-order valence-electron chi connectivity index (χ4n) is 2.93. The number of benzene rings is 2. The van der Waals surface area contributed by atoms with E-state index in [1.54, 1.807) is 7.11 Å². The number of para-hydroxylation sites is 1. The van der Waals surface area contributed by atoms with Crippen molar-refractivity contribution >= 4 is 17.2 Å². The highest BCUT2D eigenvalue weighted by molar-refractivity contribution is 5.97. The van der Waals surface area contributed by atoms with E-state index in [-0.39, 0.29) is 0 Å². The highest BCUT2D eigenvalue weighted by atomic mass is 16.5. The Morgan fingerprint density at radius 3 is 2.76 bits per heavy atom. The number of ether oxygens (including phenoxy) is 2. The number of aldehydes is 1. The Hall–Kier alpha value is -3.01. The van der Waals surface area contributed by atoms with Gasteiger partial charge in [-0.2, -0.15) is 0 Å². The first-order valence-corrected chi connectivity index (χ1v) is 8.20. The van der Waals surface area contributed by atoms with Crippen molar-refractivity contribution in [2.75, 3.05) is 13.7 Å². The van der Waals surface area contributed by atoms with Crippen molar-refractivity contribution in [3.05, 3.63) is 72.4 Å². The Labute approximate surface area is 147 Å². The van der Waals surface area contributed by atoms with Gasteiger partial charge in [0.1, 0.15) is 6.61 Å². The van der Waals surface area contributed by atoms with Crippen LogP contribution >= 0.6 is 0 Å². The first-order valence-electron chi connectivity index (χ1n) is 8.20. The first kappa shape index (κ1) is 16.8. The van der Waals surface area contributed by atoms with E-state index < -0.39 is 0 Å². The van der Waals surface area contributed by atoms with Crippen LogP contribution in [0.3, 0.4) is 0 Å². The molecule has 1 heterocycles. The molecular formula is C21H21NO3. The van der Waals surface area contributed by atoms with E-state index in [1.807, 2.05) is 59.3 Å². The van der Waals surface area contributed by atoms with Crippen molar-refractivity contribution in [1.29, 1.82) is 0 Å². The molecule has 0 atom stereocenters. The maximum absolute atomic E-state index is 11.2. The number of carbonyl (C=O) groups excluding carboxylic acids is 1. The highest BCUT2D eigenvalue weighted by Gasteiger charge is 2.09. The second-order valence-electron chi connectivity index (χ2n) is 5.74. The third-order valence-corrected chi connectivity index (χ3v) is 4.14. The van der Waals surface area contributed by atoms with Crippen molar-refractivity contribution in [3.8, 4) is 11.5 Å². The minimum Gasteiger partial charge on any atom is -0.493 e. The predicted octanol–water partition coefficient (Wildman–Crippen LogP) is 4.27. The van der Waals surface area contributed by atoms with Crippen molar-refractivity contribution in [3.63, 3.8) is 0 Å². The van der Waals surface area contributed by atoms with Gasteiger partial charge in [0.25, 0.3) is 0 Å². The van der Waals surface area contributed by atoms with Crippen LogP contribution in [0.2, 0.25) is 0 Å². The van der Waals surface area contributed by atoms with Crippen LogP contribution in [0.1, 0.15) is 15.9 Å². The SMILES string of the molecule is C=CCc1ccc(OCCn2cc(C=O)c3ccccc32)c(OC)c1. The lowest BCUT2D eigenvalue weighted by atomic mass is 10.1. The van der Waals surface area contributed by atoms with Gasteiger partial charge in [-0.3, -0.25) is 4.79 Å². The second kappa shape index (κ2) is 7.71. The summed E-state index contributed by atoms with van der Waals surface area (Å²) in [5.41, 5.74) is 2.86. The van der Waals surface area contributed by atoms with Gasteiger partial charge in [-0.25, -0.2) is 0 Å². The first-order chi connectivity index (χ1) is 12.3. The molecule has 0 fully saturated rings. The smallest absolute Gasteiger partial charge is 0.161 e. The maximum atomic E-state index is 11.2. The van der Waals surface area contributed by atoms with E-state index in [4.69, 9.17) is 9.47 Å². The summed E-state index contributed by atoms with van der Waals surface area (Å²) < 4.78 is 13.4. The standard InChI is InChI=1S/C21H21NO3/c1-3-6-16-9-10-20(21(13-16)24-2)25-12-11-22-14-17(15-23)18-7-4-5-8-19(18)22/h3-5,7-10,13-15H,1,6,11-12H2,2H3. The van der Waals surface area contributed by atoms with Crippen LogP contribution in [0.5, 0.6) is 11.5 Å². The number of fused-ring (bicyclic) bond motifs is 1. The Morgan fingerprint density at radius 2 is 2.00 bits per heavy atom. The number of carbonyl (C=O) groups is 1. The van der Waals surface area contributed by atoms with Crippen LogP contribution in [0, 0.1) is 0 Å². The van der Waals surface area contributed by atoms with Crippen LogP contribution in [-0.4, -0.2) is 24.6 Å². The lowest BCUT2D eigenvalue weighted by molar-refractivity contribution is 0.112. The zero-order valence-electron chi connectivity index (χ0n) is 14.3. The van der Waals surface area contributed by atoms with E-state index in [0.29, 0.717) is 30.2 Å². The highest BCUT2D eigenvalue weighted by Crippen LogP contribution is 2.28. The average molecular weight is 335 g/mol. The monoisotopic (exact) mass is 335 g/mol. The molecule has 0 unspecified atom stereocenters. The van der Waals surface area contributed by atoms with E-state index in [0.717, 1.165) is 29.2 Å². The third-order valence-electron chi connectivity index (χ3n) is 4.14. The van der Waals surface area contributed by atoms with Crippen molar-refractivity contribution in [2.45, 2.75) is 13.0 Å². The number of hydrogen-bond acceptors (Lipinski definition) is 3. The molecule has 25 heavy (non-hydrogen) atoms. The van der Waals surface area contributed by atoms with Gasteiger partial charge in [0.2, 0.25) is 0 Å². The molecule has 0 N–H and O–H groups in total. The molecule has 0 saturated carbocycles. The molecule has 2 aromatic carbocycles. The summed E-state index contributed by atoms with van der Waals surface area (Å²) in [4.78, 5) is 11.2. The minimum absolute atomic E-state index is 0.480. The number of nitrogens with zero attached hydrogens (tertiary/aromatic N) is 1. The third kappa shape index (κ3) is 3.58. The average Bonchev–Trinajstić information content (AvgIpc) is 3.01. The van der Waals surface area contributed by atoms with Gasteiger partial charge in [-0.15, -0.1) is 6.58 Å². The van der Waals surface area contributed by atoms with E-state index >= 15 is 0 Å². The predicted molar refractivity (Wildman–Crippen MR) is 99.7 cm³/mol. The summed E-state index contributed by atoms with van der Waals surface area (Å²) >= 11 is 0.